The summed E-state index contributed by atoms with van der Waals surface area (Å²) >= 11 is 0. The van der Waals surface area contributed by atoms with Crippen molar-refractivity contribution < 1.29 is 13.2 Å². The summed E-state index contributed by atoms with van der Waals surface area (Å²) < 4.78 is 37.6. The molecule has 1 fully saturated rings. The number of nitrogens with one attached hydrogen (secondary N) is 1. The van der Waals surface area contributed by atoms with Gasteiger partial charge in [0.2, 0.25) is 0 Å². The van der Waals surface area contributed by atoms with Gasteiger partial charge in [0.1, 0.15) is 0 Å². The minimum absolute atomic E-state index is 0.155. The van der Waals surface area contributed by atoms with Crippen molar-refractivity contribution in [3.05, 3.63) is 35.4 Å². The lowest BCUT2D eigenvalue weighted by Crippen LogP contribution is -2.24. The average Bonchev–Trinajstić information content (AvgIpc) is 2.94. The highest BCUT2D eigenvalue weighted by Gasteiger charge is 2.50. The van der Waals surface area contributed by atoms with Crippen LogP contribution in [0.1, 0.15) is 44.4 Å². The number of rotatable bonds is 4. The van der Waals surface area contributed by atoms with E-state index in [0.717, 1.165) is 18.5 Å². The van der Waals surface area contributed by atoms with E-state index >= 15 is 0 Å². The molecule has 106 valence electrons. The van der Waals surface area contributed by atoms with Gasteiger partial charge in [0, 0.05) is 6.04 Å². The van der Waals surface area contributed by atoms with Crippen molar-refractivity contribution in [2.75, 3.05) is 6.54 Å². The summed E-state index contributed by atoms with van der Waals surface area (Å²) in [7, 11) is 0. The maximum Gasteiger partial charge on any atom is 0.416 e. The fourth-order valence-electron chi connectivity index (χ4n) is 2.67. The Labute approximate surface area is 112 Å². The van der Waals surface area contributed by atoms with Crippen molar-refractivity contribution in [2.24, 2.45) is 11.3 Å². The summed E-state index contributed by atoms with van der Waals surface area (Å²) in [4.78, 5) is 0. The van der Waals surface area contributed by atoms with Crippen molar-refractivity contribution in [1.82, 2.24) is 5.32 Å². The largest absolute Gasteiger partial charge is 0.416 e. The van der Waals surface area contributed by atoms with Crippen LogP contribution in [-0.2, 0) is 6.18 Å². The zero-order valence-electron chi connectivity index (χ0n) is 11.5. The van der Waals surface area contributed by atoms with Gasteiger partial charge in [-0.25, -0.2) is 0 Å². The van der Waals surface area contributed by atoms with Crippen LogP contribution < -0.4 is 5.32 Å². The van der Waals surface area contributed by atoms with E-state index in [1.807, 2.05) is 6.92 Å². The minimum Gasteiger partial charge on any atom is -0.310 e. The molecule has 0 aromatic heterocycles. The molecular weight excluding hydrogens is 251 g/mol. The first-order valence-electron chi connectivity index (χ1n) is 6.66. The lowest BCUT2D eigenvalue weighted by Gasteiger charge is -2.20. The molecule has 1 saturated carbocycles. The van der Waals surface area contributed by atoms with Crippen LogP contribution in [0.4, 0.5) is 13.2 Å². The van der Waals surface area contributed by atoms with E-state index in [4.69, 9.17) is 0 Å². The van der Waals surface area contributed by atoms with E-state index in [0.29, 0.717) is 5.92 Å². The number of alkyl halides is 3. The van der Waals surface area contributed by atoms with Gasteiger partial charge >= 0.3 is 6.18 Å². The summed E-state index contributed by atoms with van der Waals surface area (Å²) in [6, 6.07) is 5.71. The van der Waals surface area contributed by atoms with Crippen LogP contribution in [0.3, 0.4) is 0 Å². The SMILES string of the molecule is CCNC(c1ccc(C(F)(F)F)cc1)C1CC1(C)C. The van der Waals surface area contributed by atoms with E-state index in [-0.39, 0.29) is 11.5 Å². The zero-order chi connectivity index (χ0) is 14.3. The highest BCUT2D eigenvalue weighted by atomic mass is 19.4. The first kappa shape index (κ1) is 14.4. The summed E-state index contributed by atoms with van der Waals surface area (Å²) in [5, 5.41) is 3.39. The van der Waals surface area contributed by atoms with Gasteiger partial charge in [0.25, 0.3) is 0 Å². The Kier molecular flexibility index (Phi) is 3.65. The predicted octanol–water partition coefficient (Wildman–Crippen LogP) is 4.40. The van der Waals surface area contributed by atoms with Gasteiger partial charge < -0.3 is 5.32 Å². The van der Waals surface area contributed by atoms with Crippen LogP contribution >= 0.6 is 0 Å². The van der Waals surface area contributed by atoms with E-state index in [1.165, 1.54) is 12.1 Å². The first-order valence-corrected chi connectivity index (χ1v) is 6.66. The quantitative estimate of drug-likeness (QED) is 0.855. The lowest BCUT2D eigenvalue weighted by atomic mass is 9.96. The molecular formula is C15H20F3N. The van der Waals surface area contributed by atoms with Crippen LogP contribution in [0, 0.1) is 11.3 Å². The zero-order valence-corrected chi connectivity index (χ0v) is 11.5. The van der Waals surface area contributed by atoms with Crippen LogP contribution in [0.25, 0.3) is 0 Å². The molecule has 1 nitrogen and oxygen atoms in total. The van der Waals surface area contributed by atoms with Gasteiger partial charge in [-0.05, 0) is 42.0 Å². The summed E-state index contributed by atoms with van der Waals surface area (Å²) in [5.41, 5.74) is 0.655. The van der Waals surface area contributed by atoms with E-state index in [2.05, 4.69) is 19.2 Å². The number of hydrogen-bond donors (Lipinski definition) is 1. The molecule has 0 bridgehead atoms. The second kappa shape index (κ2) is 4.82. The van der Waals surface area contributed by atoms with Crippen molar-refractivity contribution in [2.45, 2.75) is 39.4 Å². The van der Waals surface area contributed by atoms with Gasteiger partial charge in [-0.15, -0.1) is 0 Å². The van der Waals surface area contributed by atoms with Crippen molar-refractivity contribution >= 4 is 0 Å². The number of hydrogen-bond acceptors (Lipinski definition) is 1. The van der Waals surface area contributed by atoms with Crippen LogP contribution in [0.5, 0.6) is 0 Å². The highest BCUT2D eigenvalue weighted by Crippen LogP contribution is 2.57. The molecule has 2 unspecified atom stereocenters. The van der Waals surface area contributed by atoms with E-state index in [1.54, 1.807) is 12.1 Å². The molecule has 0 saturated heterocycles. The maximum atomic E-state index is 12.5. The molecule has 2 rings (SSSR count). The van der Waals surface area contributed by atoms with Gasteiger partial charge in [0.05, 0.1) is 5.56 Å². The molecule has 4 heteroatoms. The number of halogens is 3. The fraction of sp³-hybridized carbons (Fsp3) is 0.600. The molecule has 0 spiro atoms. The smallest absolute Gasteiger partial charge is 0.310 e. The fourth-order valence-corrected chi connectivity index (χ4v) is 2.67. The molecule has 0 heterocycles. The lowest BCUT2D eigenvalue weighted by molar-refractivity contribution is -0.137. The van der Waals surface area contributed by atoms with E-state index in [9.17, 15) is 13.2 Å². The second-order valence-electron chi connectivity index (χ2n) is 5.95. The average molecular weight is 271 g/mol. The summed E-state index contributed by atoms with van der Waals surface area (Å²) in [6.45, 7) is 7.24. The third-order valence-electron chi connectivity index (χ3n) is 4.01. The van der Waals surface area contributed by atoms with Crippen LogP contribution in [-0.4, -0.2) is 6.54 Å². The molecule has 1 aliphatic carbocycles. The third kappa shape index (κ3) is 3.11. The highest BCUT2D eigenvalue weighted by molar-refractivity contribution is 5.29. The second-order valence-corrected chi connectivity index (χ2v) is 5.95. The topological polar surface area (TPSA) is 12.0 Å². The van der Waals surface area contributed by atoms with Gasteiger partial charge in [-0.2, -0.15) is 13.2 Å². The monoisotopic (exact) mass is 271 g/mol. The van der Waals surface area contributed by atoms with Crippen LogP contribution in [0.2, 0.25) is 0 Å². The molecule has 0 aliphatic heterocycles. The standard InChI is InChI=1S/C15H20F3N/c1-4-19-13(12-9-14(12,2)3)10-5-7-11(8-6-10)15(16,17)18/h5-8,12-13,19H,4,9H2,1-3H3. The Balaban J connectivity index is 2.19. The molecule has 1 N–H and O–H groups in total. The normalized spacial score (nSPS) is 23.2. The summed E-state index contributed by atoms with van der Waals surface area (Å²) in [5.74, 6) is 0.504. The predicted molar refractivity (Wildman–Crippen MR) is 69.7 cm³/mol. The van der Waals surface area contributed by atoms with Gasteiger partial charge in [0.15, 0.2) is 0 Å². The maximum absolute atomic E-state index is 12.5. The molecule has 1 aromatic rings. The van der Waals surface area contributed by atoms with Gasteiger partial charge in [-0.1, -0.05) is 32.9 Å². The van der Waals surface area contributed by atoms with Crippen molar-refractivity contribution in [3.63, 3.8) is 0 Å². The Morgan fingerprint density at radius 3 is 2.16 bits per heavy atom. The Hall–Kier alpha value is -1.03. The molecule has 1 aliphatic rings. The Morgan fingerprint density at radius 2 is 1.79 bits per heavy atom. The molecule has 2 atom stereocenters. The molecule has 19 heavy (non-hydrogen) atoms. The molecule has 0 radical (unpaired) electrons. The molecule has 0 amide bonds. The van der Waals surface area contributed by atoms with Crippen molar-refractivity contribution in [1.29, 1.82) is 0 Å². The molecule has 1 aromatic carbocycles. The minimum atomic E-state index is -4.26. The van der Waals surface area contributed by atoms with E-state index < -0.39 is 11.7 Å². The van der Waals surface area contributed by atoms with Gasteiger partial charge in [-0.3, -0.25) is 0 Å². The Bertz CT molecular complexity index is 434. The third-order valence-corrected chi connectivity index (χ3v) is 4.01. The number of benzene rings is 1. The van der Waals surface area contributed by atoms with Crippen molar-refractivity contribution in [3.8, 4) is 0 Å². The Morgan fingerprint density at radius 1 is 1.26 bits per heavy atom. The summed E-state index contributed by atoms with van der Waals surface area (Å²) in [6.07, 6.45) is -3.14. The first-order chi connectivity index (χ1) is 8.75. The van der Waals surface area contributed by atoms with Crippen LogP contribution in [0.15, 0.2) is 24.3 Å².